The summed E-state index contributed by atoms with van der Waals surface area (Å²) in [6.45, 7) is 0. The summed E-state index contributed by atoms with van der Waals surface area (Å²) in [5.41, 5.74) is 0.762. The van der Waals surface area contributed by atoms with E-state index in [4.69, 9.17) is 5.11 Å². The van der Waals surface area contributed by atoms with Crippen molar-refractivity contribution < 1.29 is 10.2 Å². The van der Waals surface area contributed by atoms with Gasteiger partial charge in [-0.05, 0) is 18.2 Å². The van der Waals surface area contributed by atoms with Crippen LogP contribution in [0.1, 0.15) is 11.3 Å². The topological polar surface area (TPSA) is 73.3 Å². The Morgan fingerprint density at radius 2 is 1.82 bits per heavy atom. The van der Waals surface area contributed by atoms with E-state index in [1.807, 2.05) is 0 Å². The lowest BCUT2D eigenvalue weighted by Gasteiger charge is -1.98. The van der Waals surface area contributed by atoms with Gasteiger partial charge in [-0.2, -0.15) is 0 Å². The number of phenols is 1. The normalized spacial score (nSPS) is 10.8. The number of para-hydroxylation sites is 1. The van der Waals surface area contributed by atoms with Crippen LogP contribution in [-0.4, -0.2) is 15.2 Å². The van der Waals surface area contributed by atoms with Gasteiger partial charge < -0.3 is 15.2 Å². The van der Waals surface area contributed by atoms with Gasteiger partial charge in [-0.15, -0.1) is 0 Å². The third kappa shape index (κ3) is 2.55. The average Bonchev–Trinajstić information content (AvgIpc) is 2.32. The standard InChI is InChI=1S/C13H11NO3/c15-11-4-2-1-3-9(11)5-6-10-7-12(16)13(17)8-14-10/h1-8,15,17H,(H,14,16)/b6-5+. The summed E-state index contributed by atoms with van der Waals surface area (Å²) >= 11 is 0. The fourth-order valence-electron chi connectivity index (χ4n) is 1.38. The van der Waals surface area contributed by atoms with Crippen LogP contribution in [0.2, 0.25) is 0 Å². The van der Waals surface area contributed by atoms with Crippen LogP contribution in [0.4, 0.5) is 0 Å². The van der Waals surface area contributed by atoms with E-state index in [9.17, 15) is 9.90 Å². The Morgan fingerprint density at radius 3 is 2.53 bits per heavy atom. The van der Waals surface area contributed by atoms with Crippen LogP contribution >= 0.6 is 0 Å². The number of rotatable bonds is 2. The van der Waals surface area contributed by atoms with Gasteiger partial charge in [0.25, 0.3) is 0 Å². The van der Waals surface area contributed by atoms with Crippen LogP contribution in [0, 0.1) is 0 Å². The van der Waals surface area contributed by atoms with Crippen LogP contribution in [0.25, 0.3) is 12.2 Å². The van der Waals surface area contributed by atoms with Gasteiger partial charge in [0.15, 0.2) is 5.75 Å². The minimum absolute atomic E-state index is 0.171. The lowest BCUT2D eigenvalue weighted by molar-refractivity contribution is 0.467. The molecule has 1 aromatic carbocycles. The number of hydrogen-bond acceptors (Lipinski definition) is 3. The summed E-state index contributed by atoms with van der Waals surface area (Å²) in [5, 5.41) is 18.6. The highest BCUT2D eigenvalue weighted by Crippen LogP contribution is 2.17. The number of hydrogen-bond donors (Lipinski definition) is 3. The van der Waals surface area contributed by atoms with Gasteiger partial charge in [-0.3, -0.25) is 4.79 Å². The fraction of sp³-hybridized carbons (Fsp3) is 0. The molecule has 0 saturated carbocycles. The molecule has 0 aliphatic heterocycles. The van der Waals surface area contributed by atoms with Crippen molar-refractivity contribution in [3.8, 4) is 11.5 Å². The first-order valence-corrected chi connectivity index (χ1v) is 5.04. The molecule has 3 N–H and O–H groups in total. The molecule has 4 heteroatoms. The Balaban J connectivity index is 2.29. The maximum atomic E-state index is 11.2. The van der Waals surface area contributed by atoms with Crippen molar-refractivity contribution in [3.63, 3.8) is 0 Å². The van der Waals surface area contributed by atoms with Gasteiger partial charge in [0.05, 0.1) is 0 Å². The number of aromatic amines is 1. The zero-order chi connectivity index (χ0) is 12.3. The van der Waals surface area contributed by atoms with Gasteiger partial charge in [0, 0.05) is 23.5 Å². The molecule has 2 rings (SSSR count). The largest absolute Gasteiger partial charge is 0.507 e. The molecule has 0 aliphatic rings. The second-order valence-corrected chi connectivity index (χ2v) is 3.53. The zero-order valence-corrected chi connectivity index (χ0v) is 8.92. The number of H-pyrrole nitrogens is 1. The first kappa shape index (κ1) is 11.0. The molecule has 2 aromatic rings. The van der Waals surface area contributed by atoms with Crippen molar-refractivity contribution in [1.29, 1.82) is 0 Å². The average molecular weight is 229 g/mol. The third-order valence-electron chi connectivity index (χ3n) is 2.29. The van der Waals surface area contributed by atoms with Gasteiger partial charge in [0.2, 0.25) is 5.43 Å². The summed E-state index contributed by atoms with van der Waals surface area (Å²) in [6, 6.07) is 8.16. The first-order chi connectivity index (χ1) is 8.16. The molecule has 86 valence electrons. The molecule has 17 heavy (non-hydrogen) atoms. The Bertz CT molecular complexity index is 614. The van der Waals surface area contributed by atoms with E-state index in [0.29, 0.717) is 11.3 Å². The monoisotopic (exact) mass is 229 g/mol. The van der Waals surface area contributed by atoms with Gasteiger partial charge in [0.1, 0.15) is 5.75 Å². The molecule has 0 atom stereocenters. The maximum Gasteiger partial charge on any atom is 0.223 e. The van der Waals surface area contributed by atoms with Crippen molar-refractivity contribution in [2.24, 2.45) is 0 Å². The van der Waals surface area contributed by atoms with Crippen molar-refractivity contribution in [3.05, 3.63) is 58.0 Å². The van der Waals surface area contributed by atoms with Crippen LogP contribution in [0.15, 0.2) is 41.3 Å². The van der Waals surface area contributed by atoms with E-state index < -0.39 is 5.43 Å². The smallest absolute Gasteiger partial charge is 0.223 e. The Hall–Kier alpha value is -2.49. The summed E-state index contributed by atoms with van der Waals surface area (Å²) < 4.78 is 0. The highest BCUT2D eigenvalue weighted by atomic mass is 16.3. The van der Waals surface area contributed by atoms with Crippen LogP contribution < -0.4 is 5.43 Å². The molecule has 0 amide bonds. The predicted molar refractivity (Wildman–Crippen MR) is 65.8 cm³/mol. The second-order valence-electron chi connectivity index (χ2n) is 3.53. The quantitative estimate of drug-likeness (QED) is 0.737. The summed E-state index contributed by atoms with van der Waals surface area (Å²) in [7, 11) is 0. The second kappa shape index (κ2) is 4.57. The molecule has 1 aromatic heterocycles. The molecular formula is C13H11NO3. The van der Waals surface area contributed by atoms with Gasteiger partial charge in [-0.25, -0.2) is 0 Å². The van der Waals surface area contributed by atoms with Crippen molar-refractivity contribution >= 4 is 12.2 Å². The highest BCUT2D eigenvalue weighted by Gasteiger charge is 1.97. The summed E-state index contributed by atoms with van der Waals surface area (Å²) in [6.07, 6.45) is 4.56. The maximum absolute atomic E-state index is 11.2. The van der Waals surface area contributed by atoms with Crippen molar-refractivity contribution in [2.75, 3.05) is 0 Å². The molecular weight excluding hydrogens is 218 g/mol. The number of nitrogens with one attached hydrogen (secondary N) is 1. The van der Waals surface area contributed by atoms with E-state index in [1.165, 1.54) is 12.3 Å². The van der Waals surface area contributed by atoms with E-state index in [-0.39, 0.29) is 11.5 Å². The van der Waals surface area contributed by atoms with E-state index in [2.05, 4.69) is 4.98 Å². The molecule has 4 nitrogen and oxygen atoms in total. The molecule has 0 bridgehead atoms. The predicted octanol–water partition coefficient (Wildman–Crippen LogP) is 1.96. The lowest BCUT2D eigenvalue weighted by Crippen LogP contribution is -1.99. The molecule has 0 fully saturated rings. The number of pyridine rings is 1. The Kier molecular flexibility index (Phi) is 2.96. The van der Waals surface area contributed by atoms with Crippen LogP contribution in [0.5, 0.6) is 11.5 Å². The Morgan fingerprint density at radius 1 is 1.06 bits per heavy atom. The number of benzene rings is 1. The SMILES string of the molecule is O=c1cc(/C=C/c2ccccc2O)[nH]cc1O. The molecule has 0 saturated heterocycles. The van der Waals surface area contributed by atoms with Crippen LogP contribution in [-0.2, 0) is 0 Å². The minimum atomic E-state index is -0.444. The fourth-order valence-corrected chi connectivity index (χ4v) is 1.38. The Labute approximate surface area is 97.5 Å². The first-order valence-electron chi connectivity index (χ1n) is 5.04. The summed E-state index contributed by atoms with van der Waals surface area (Å²) in [5.74, 6) is -0.144. The lowest BCUT2D eigenvalue weighted by atomic mass is 10.1. The van der Waals surface area contributed by atoms with Crippen molar-refractivity contribution in [2.45, 2.75) is 0 Å². The van der Waals surface area contributed by atoms with Gasteiger partial charge >= 0.3 is 0 Å². The molecule has 0 aliphatic carbocycles. The molecule has 0 unspecified atom stereocenters. The minimum Gasteiger partial charge on any atom is -0.507 e. The van der Waals surface area contributed by atoms with E-state index in [1.54, 1.807) is 36.4 Å². The molecule has 1 heterocycles. The van der Waals surface area contributed by atoms with E-state index >= 15 is 0 Å². The molecule has 0 spiro atoms. The van der Waals surface area contributed by atoms with Crippen LogP contribution in [0.3, 0.4) is 0 Å². The zero-order valence-electron chi connectivity index (χ0n) is 8.92. The number of phenolic OH excluding ortho intramolecular Hbond substituents is 1. The highest BCUT2D eigenvalue weighted by molar-refractivity contribution is 5.70. The van der Waals surface area contributed by atoms with Gasteiger partial charge in [-0.1, -0.05) is 18.2 Å². The number of aromatic nitrogens is 1. The summed E-state index contributed by atoms with van der Waals surface area (Å²) in [4.78, 5) is 13.9. The molecule has 0 radical (unpaired) electrons. The number of aromatic hydroxyl groups is 2. The third-order valence-corrected chi connectivity index (χ3v) is 2.29. The van der Waals surface area contributed by atoms with E-state index in [0.717, 1.165) is 0 Å². The van der Waals surface area contributed by atoms with Crippen molar-refractivity contribution in [1.82, 2.24) is 4.98 Å².